The maximum absolute atomic E-state index is 11.2. The van der Waals surface area contributed by atoms with Gasteiger partial charge in [-0.1, -0.05) is 42.5 Å². The second kappa shape index (κ2) is 4.83. The number of allylic oxidation sites excluding steroid dienone is 1. The highest BCUT2D eigenvalue weighted by Gasteiger charge is 2.05. The van der Waals surface area contributed by atoms with Crippen molar-refractivity contribution in [1.82, 2.24) is 4.90 Å². The summed E-state index contributed by atoms with van der Waals surface area (Å²) in [5.74, 6) is 0. The molecule has 2 nitrogen and oxygen atoms in total. The maximum atomic E-state index is 11.2. The lowest BCUT2D eigenvalue weighted by atomic mass is 9.99. The van der Waals surface area contributed by atoms with Gasteiger partial charge in [0.1, 0.15) is 0 Å². The van der Waals surface area contributed by atoms with Crippen molar-refractivity contribution >= 4 is 22.6 Å². The molecule has 0 spiro atoms. The minimum Gasteiger partial charge on any atom is -0.383 e. The summed E-state index contributed by atoms with van der Waals surface area (Å²) in [5, 5.41) is 2.26. The van der Waals surface area contributed by atoms with Crippen LogP contribution in [0.1, 0.15) is 5.56 Å². The Hall–Kier alpha value is -2.09. The third-order valence-corrected chi connectivity index (χ3v) is 2.62. The lowest BCUT2D eigenvalue weighted by Crippen LogP contribution is -2.03. The second-order valence-electron chi connectivity index (χ2n) is 4.19. The molecule has 2 heteroatoms. The quantitative estimate of drug-likeness (QED) is 0.591. The van der Waals surface area contributed by atoms with Gasteiger partial charge in [-0.25, -0.2) is 0 Å². The molecule has 2 aromatic rings. The fraction of sp³-hybridized carbons (Fsp3) is 0.133. The van der Waals surface area contributed by atoms with E-state index >= 15 is 0 Å². The highest BCUT2D eigenvalue weighted by atomic mass is 16.1. The summed E-state index contributed by atoms with van der Waals surface area (Å²) < 4.78 is 0. The van der Waals surface area contributed by atoms with Crippen molar-refractivity contribution in [2.24, 2.45) is 0 Å². The number of fused-ring (bicyclic) bond motifs is 1. The zero-order chi connectivity index (χ0) is 12.3. The molecule has 2 aromatic carbocycles. The summed E-state index contributed by atoms with van der Waals surface area (Å²) >= 11 is 0. The SMILES string of the molecule is CN(C)C=C(C=O)c1cccc2ccccc12. The van der Waals surface area contributed by atoms with Crippen molar-refractivity contribution in [2.75, 3.05) is 14.1 Å². The van der Waals surface area contributed by atoms with Gasteiger partial charge in [-0.3, -0.25) is 4.79 Å². The van der Waals surface area contributed by atoms with Gasteiger partial charge < -0.3 is 4.90 Å². The fourth-order valence-corrected chi connectivity index (χ4v) is 1.92. The van der Waals surface area contributed by atoms with E-state index in [1.165, 1.54) is 0 Å². The van der Waals surface area contributed by atoms with E-state index in [1.54, 1.807) is 0 Å². The first kappa shape index (κ1) is 11.4. The van der Waals surface area contributed by atoms with Gasteiger partial charge in [0.25, 0.3) is 0 Å². The Bertz CT molecular complexity index is 565. The van der Waals surface area contributed by atoms with Crippen molar-refractivity contribution < 1.29 is 4.79 Å². The van der Waals surface area contributed by atoms with E-state index in [-0.39, 0.29) is 0 Å². The van der Waals surface area contributed by atoms with Crippen LogP contribution in [0.5, 0.6) is 0 Å². The first-order valence-electron chi connectivity index (χ1n) is 5.54. The molecule has 0 saturated carbocycles. The third-order valence-electron chi connectivity index (χ3n) is 2.62. The van der Waals surface area contributed by atoms with E-state index < -0.39 is 0 Å². The van der Waals surface area contributed by atoms with Crippen LogP contribution in [-0.4, -0.2) is 25.3 Å². The Morgan fingerprint density at radius 1 is 1.06 bits per heavy atom. The number of hydrogen-bond acceptors (Lipinski definition) is 2. The first-order chi connectivity index (χ1) is 8.22. The maximum Gasteiger partial charge on any atom is 0.152 e. The molecule has 0 aliphatic heterocycles. The number of aldehydes is 1. The molecule has 0 unspecified atom stereocenters. The fourth-order valence-electron chi connectivity index (χ4n) is 1.92. The van der Waals surface area contributed by atoms with E-state index in [1.807, 2.05) is 55.5 Å². The van der Waals surface area contributed by atoms with E-state index in [0.717, 1.165) is 22.6 Å². The number of rotatable bonds is 3. The zero-order valence-electron chi connectivity index (χ0n) is 10.1. The predicted molar refractivity (Wildman–Crippen MR) is 71.7 cm³/mol. The summed E-state index contributed by atoms with van der Waals surface area (Å²) in [6, 6.07) is 14.1. The predicted octanol–water partition coefficient (Wildman–Crippen LogP) is 2.94. The lowest BCUT2D eigenvalue weighted by molar-refractivity contribution is -0.103. The van der Waals surface area contributed by atoms with E-state index in [0.29, 0.717) is 5.57 Å². The number of nitrogens with zero attached hydrogens (tertiary/aromatic N) is 1. The molecule has 0 saturated heterocycles. The number of hydrogen-bond donors (Lipinski definition) is 0. The molecule has 0 aliphatic rings. The van der Waals surface area contributed by atoms with Crippen LogP contribution in [0.15, 0.2) is 48.7 Å². The van der Waals surface area contributed by atoms with Crippen molar-refractivity contribution in [3.05, 3.63) is 54.2 Å². The minimum atomic E-state index is 0.701. The Kier molecular flexibility index (Phi) is 3.24. The molecule has 0 N–H and O–H groups in total. The van der Waals surface area contributed by atoms with Gasteiger partial charge in [-0.15, -0.1) is 0 Å². The van der Waals surface area contributed by atoms with Crippen LogP contribution in [0.3, 0.4) is 0 Å². The van der Waals surface area contributed by atoms with Crippen LogP contribution >= 0.6 is 0 Å². The molecule has 0 atom stereocenters. The van der Waals surface area contributed by atoms with Crippen LogP contribution in [-0.2, 0) is 4.79 Å². The second-order valence-corrected chi connectivity index (χ2v) is 4.19. The van der Waals surface area contributed by atoms with Crippen molar-refractivity contribution in [3.8, 4) is 0 Å². The average molecular weight is 225 g/mol. The number of carbonyl (C=O) groups excluding carboxylic acids is 1. The third kappa shape index (κ3) is 2.36. The number of benzene rings is 2. The van der Waals surface area contributed by atoms with Gasteiger partial charge in [0.15, 0.2) is 6.29 Å². The minimum absolute atomic E-state index is 0.701. The first-order valence-corrected chi connectivity index (χ1v) is 5.54. The van der Waals surface area contributed by atoms with Crippen LogP contribution < -0.4 is 0 Å². The summed E-state index contributed by atoms with van der Waals surface area (Å²) in [4.78, 5) is 13.1. The van der Waals surface area contributed by atoms with E-state index in [2.05, 4.69) is 12.1 Å². The molecule has 86 valence electrons. The van der Waals surface area contributed by atoms with Crippen LogP contribution in [0.4, 0.5) is 0 Å². The topological polar surface area (TPSA) is 20.3 Å². The van der Waals surface area contributed by atoms with Crippen molar-refractivity contribution in [2.45, 2.75) is 0 Å². The Morgan fingerprint density at radius 3 is 2.47 bits per heavy atom. The standard InChI is InChI=1S/C15H15NO/c1-16(2)10-13(11-17)15-9-5-7-12-6-3-4-8-14(12)15/h3-11H,1-2H3. The van der Waals surface area contributed by atoms with E-state index in [4.69, 9.17) is 0 Å². The number of carbonyl (C=O) groups is 1. The molecule has 2 rings (SSSR count). The van der Waals surface area contributed by atoms with Crippen molar-refractivity contribution in [1.29, 1.82) is 0 Å². The van der Waals surface area contributed by atoms with Gasteiger partial charge >= 0.3 is 0 Å². The largest absolute Gasteiger partial charge is 0.383 e. The highest BCUT2D eigenvalue weighted by Crippen LogP contribution is 2.24. The van der Waals surface area contributed by atoms with E-state index in [9.17, 15) is 4.79 Å². The van der Waals surface area contributed by atoms with Crippen molar-refractivity contribution in [3.63, 3.8) is 0 Å². The summed E-state index contributed by atoms with van der Waals surface area (Å²) in [6.45, 7) is 0. The average Bonchev–Trinajstić information content (AvgIpc) is 2.35. The molecule has 0 aromatic heterocycles. The molecule has 0 amide bonds. The summed E-state index contributed by atoms with van der Waals surface area (Å²) in [7, 11) is 3.82. The van der Waals surface area contributed by atoms with Gasteiger partial charge in [0, 0.05) is 25.9 Å². The summed E-state index contributed by atoms with van der Waals surface area (Å²) in [6.07, 6.45) is 2.75. The van der Waals surface area contributed by atoms with Gasteiger partial charge in [-0.05, 0) is 16.3 Å². The normalized spacial score (nSPS) is 11.5. The highest BCUT2D eigenvalue weighted by molar-refractivity contribution is 6.12. The molecular formula is C15H15NO. The summed E-state index contributed by atoms with van der Waals surface area (Å²) in [5.41, 5.74) is 1.68. The van der Waals surface area contributed by atoms with Crippen LogP contribution in [0, 0.1) is 0 Å². The molecule has 0 radical (unpaired) electrons. The van der Waals surface area contributed by atoms with Crippen LogP contribution in [0.25, 0.3) is 16.3 Å². The van der Waals surface area contributed by atoms with Gasteiger partial charge in [0.2, 0.25) is 0 Å². The lowest BCUT2D eigenvalue weighted by Gasteiger charge is -2.10. The van der Waals surface area contributed by atoms with Gasteiger partial charge in [0.05, 0.1) is 0 Å². The molecule has 0 fully saturated rings. The molecule has 0 aliphatic carbocycles. The molecule has 0 heterocycles. The Morgan fingerprint density at radius 2 is 1.76 bits per heavy atom. The monoisotopic (exact) mass is 225 g/mol. The molecule has 0 bridgehead atoms. The van der Waals surface area contributed by atoms with Crippen LogP contribution in [0.2, 0.25) is 0 Å². The smallest absolute Gasteiger partial charge is 0.152 e. The molecule has 17 heavy (non-hydrogen) atoms. The Balaban J connectivity index is 2.65. The van der Waals surface area contributed by atoms with Gasteiger partial charge in [-0.2, -0.15) is 0 Å². The Labute approximate surface area is 101 Å². The zero-order valence-corrected chi connectivity index (χ0v) is 10.1. The molecular weight excluding hydrogens is 210 g/mol.